The molecule has 2 bridgehead atoms. The van der Waals surface area contributed by atoms with Crippen molar-refractivity contribution in [3.05, 3.63) is 101 Å². The summed E-state index contributed by atoms with van der Waals surface area (Å²) in [5.41, 5.74) is 5.22. The van der Waals surface area contributed by atoms with Gasteiger partial charge in [-0.2, -0.15) is 0 Å². The van der Waals surface area contributed by atoms with E-state index in [0.29, 0.717) is 17.9 Å². The molecule has 3 saturated heterocycles. The maximum absolute atomic E-state index is 5.73. The second-order valence-corrected chi connectivity index (χ2v) is 11.1. The van der Waals surface area contributed by atoms with Gasteiger partial charge in [-0.25, -0.2) is 0 Å². The fourth-order valence-corrected chi connectivity index (χ4v) is 6.05. The summed E-state index contributed by atoms with van der Waals surface area (Å²) in [4.78, 5) is 8.08. The number of hydrogen-bond acceptors (Lipinski definition) is 3. The van der Waals surface area contributed by atoms with Crippen LogP contribution in [0.25, 0.3) is 0 Å². The zero-order valence-corrected chi connectivity index (χ0v) is 21.5. The minimum Gasteiger partial charge on any atom is -0.496 e. The van der Waals surface area contributed by atoms with Gasteiger partial charge in [0.25, 0.3) is 0 Å². The molecule has 0 aliphatic carbocycles. The van der Waals surface area contributed by atoms with Crippen molar-refractivity contribution >= 4 is 6.21 Å². The lowest BCUT2D eigenvalue weighted by molar-refractivity contribution is 0.0215. The summed E-state index contributed by atoms with van der Waals surface area (Å²) >= 11 is 0. The Morgan fingerprint density at radius 1 is 0.886 bits per heavy atom. The summed E-state index contributed by atoms with van der Waals surface area (Å²) in [7, 11) is 1.75. The van der Waals surface area contributed by atoms with Crippen LogP contribution in [0, 0.1) is 5.92 Å². The number of nitrogens with zero attached hydrogens (tertiary/aromatic N) is 2. The zero-order valence-electron chi connectivity index (χ0n) is 21.5. The number of benzene rings is 3. The molecule has 35 heavy (non-hydrogen) atoms. The van der Waals surface area contributed by atoms with Gasteiger partial charge in [0, 0.05) is 23.7 Å². The fourth-order valence-electron chi connectivity index (χ4n) is 6.05. The first-order valence-electron chi connectivity index (χ1n) is 13.0. The van der Waals surface area contributed by atoms with Gasteiger partial charge < -0.3 is 4.74 Å². The van der Waals surface area contributed by atoms with Crippen molar-refractivity contribution < 1.29 is 4.74 Å². The number of ether oxygens (including phenoxy) is 1. The molecule has 3 aromatic carbocycles. The van der Waals surface area contributed by atoms with Crippen molar-refractivity contribution in [1.29, 1.82) is 0 Å². The minimum atomic E-state index is 0.0821. The molecule has 3 fully saturated rings. The molecule has 0 radical (unpaired) electrons. The Balaban J connectivity index is 1.56. The number of rotatable bonds is 6. The molecule has 182 valence electrons. The van der Waals surface area contributed by atoms with E-state index in [9.17, 15) is 0 Å². The van der Waals surface area contributed by atoms with E-state index in [2.05, 4.69) is 111 Å². The van der Waals surface area contributed by atoms with Crippen molar-refractivity contribution in [3.63, 3.8) is 0 Å². The summed E-state index contributed by atoms with van der Waals surface area (Å²) in [6.07, 6.45) is 4.56. The van der Waals surface area contributed by atoms with Gasteiger partial charge in [0.1, 0.15) is 5.75 Å². The highest BCUT2D eigenvalue weighted by Gasteiger charge is 2.46. The predicted molar refractivity (Wildman–Crippen MR) is 146 cm³/mol. The van der Waals surface area contributed by atoms with Gasteiger partial charge in [0.2, 0.25) is 0 Å². The molecule has 0 aromatic heterocycles. The molecule has 0 N–H and O–H groups in total. The molecule has 3 aromatic rings. The number of fused-ring (bicyclic) bond motifs is 3. The van der Waals surface area contributed by atoms with Crippen LogP contribution in [0.1, 0.15) is 61.8 Å². The van der Waals surface area contributed by atoms with Crippen molar-refractivity contribution in [2.75, 3.05) is 20.2 Å². The Kier molecular flexibility index (Phi) is 6.80. The van der Waals surface area contributed by atoms with Crippen LogP contribution in [0.4, 0.5) is 0 Å². The first-order valence-corrected chi connectivity index (χ1v) is 13.0. The number of methoxy groups -OCH3 is 1. The summed E-state index contributed by atoms with van der Waals surface area (Å²) < 4.78 is 5.73. The van der Waals surface area contributed by atoms with E-state index < -0.39 is 0 Å². The standard InChI is InChI=1S/C32H38N2O/c1-32(2,3)27-15-16-28(35-4)26(21-27)22-33-30-25-17-19-34(20-18-25)31(30)29(23-11-7-5-8-12-23)24-13-9-6-10-14-24/h5-16,21-22,25,29-31H,17-20H2,1-4H3/t30-,31?/m0/s1. The van der Waals surface area contributed by atoms with E-state index in [1.54, 1.807) is 7.11 Å². The summed E-state index contributed by atoms with van der Waals surface area (Å²) in [6.45, 7) is 9.09. The van der Waals surface area contributed by atoms with E-state index in [0.717, 1.165) is 11.3 Å². The van der Waals surface area contributed by atoms with E-state index in [-0.39, 0.29) is 11.5 Å². The molecule has 6 rings (SSSR count). The average Bonchev–Trinajstić information content (AvgIpc) is 2.89. The van der Waals surface area contributed by atoms with E-state index in [4.69, 9.17) is 9.73 Å². The molecular weight excluding hydrogens is 428 g/mol. The Morgan fingerprint density at radius 3 is 2.03 bits per heavy atom. The SMILES string of the molecule is COc1ccc(C(C)(C)C)cc1C=N[C@H]1C2CCN(CC2)C1C(c1ccccc1)c1ccccc1. The molecule has 3 aliphatic rings. The third-order valence-electron chi connectivity index (χ3n) is 7.97. The van der Waals surface area contributed by atoms with Gasteiger partial charge in [0.15, 0.2) is 0 Å². The predicted octanol–water partition coefficient (Wildman–Crippen LogP) is 6.71. The van der Waals surface area contributed by atoms with Crippen LogP contribution >= 0.6 is 0 Å². The molecule has 0 spiro atoms. The smallest absolute Gasteiger partial charge is 0.127 e. The van der Waals surface area contributed by atoms with Crippen molar-refractivity contribution in [3.8, 4) is 5.75 Å². The van der Waals surface area contributed by atoms with Crippen LogP contribution in [0.5, 0.6) is 5.75 Å². The topological polar surface area (TPSA) is 24.8 Å². The molecule has 2 atom stereocenters. The molecular formula is C32H38N2O. The first-order chi connectivity index (χ1) is 17.0. The molecule has 3 heterocycles. The monoisotopic (exact) mass is 466 g/mol. The maximum atomic E-state index is 5.73. The van der Waals surface area contributed by atoms with Crippen LogP contribution in [-0.4, -0.2) is 43.4 Å². The second kappa shape index (κ2) is 9.99. The van der Waals surface area contributed by atoms with Crippen LogP contribution in [0.2, 0.25) is 0 Å². The lowest BCUT2D eigenvalue weighted by atomic mass is 9.71. The highest BCUT2D eigenvalue weighted by Crippen LogP contribution is 2.43. The number of piperidine rings is 3. The molecule has 3 heteroatoms. The Hall–Kier alpha value is -2.91. The normalized spacial score (nSPS) is 24.3. The Morgan fingerprint density at radius 2 is 1.49 bits per heavy atom. The number of aliphatic imine (C=N–C) groups is 1. The Bertz CT molecular complexity index is 1100. The average molecular weight is 467 g/mol. The van der Waals surface area contributed by atoms with Crippen molar-refractivity contribution in [2.24, 2.45) is 10.9 Å². The highest BCUT2D eigenvalue weighted by molar-refractivity contribution is 5.84. The van der Waals surface area contributed by atoms with Gasteiger partial charge >= 0.3 is 0 Å². The van der Waals surface area contributed by atoms with Crippen LogP contribution in [0.3, 0.4) is 0 Å². The second-order valence-electron chi connectivity index (χ2n) is 11.1. The molecule has 0 saturated carbocycles. The van der Waals surface area contributed by atoms with Gasteiger partial charge in [-0.15, -0.1) is 0 Å². The van der Waals surface area contributed by atoms with Gasteiger partial charge in [0.05, 0.1) is 13.2 Å². The number of hydrogen-bond donors (Lipinski definition) is 0. The van der Waals surface area contributed by atoms with Crippen molar-refractivity contribution in [1.82, 2.24) is 4.90 Å². The molecule has 3 aliphatic heterocycles. The maximum Gasteiger partial charge on any atom is 0.127 e. The lowest BCUT2D eigenvalue weighted by Crippen LogP contribution is -2.59. The molecule has 3 nitrogen and oxygen atoms in total. The van der Waals surface area contributed by atoms with Crippen molar-refractivity contribution in [2.45, 2.75) is 57.0 Å². The van der Waals surface area contributed by atoms with E-state index in [1.807, 2.05) is 0 Å². The molecule has 1 unspecified atom stereocenters. The van der Waals surface area contributed by atoms with Gasteiger partial charge in [-0.3, -0.25) is 9.89 Å². The third kappa shape index (κ3) is 4.92. The quantitative estimate of drug-likeness (QED) is 0.377. The van der Waals surface area contributed by atoms with Crippen LogP contribution < -0.4 is 4.74 Å². The van der Waals surface area contributed by atoms with E-state index >= 15 is 0 Å². The summed E-state index contributed by atoms with van der Waals surface area (Å²) in [5.74, 6) is 1.81. The highest BCUT2D eigenvalue weighted by atomic mass is 16.5. The summed E-state index contributed by atoms with van der Waals surface area (Å²) in [6, 6.07) is 29.2. The molecule has 0 amide bonds. The Labute approximate surface area is 210 Å². The van der Waals surface area contributed by atoms with Gasteiger partial charge in [-0.1, -0.05) is 87.5 Å². The fraction of sp³-hybridized carbons (Fsp3) is 0.406. The van der Waals surface area contributed by atoms with Gasteiger partial charge in [-0.05, 0) is 66.1 Å². The lowest BCUT2D eigenvalue weighted by Gasteiger charge is -2.52. The zero-order chi connectivity index (χ0) is 24.4. The third-order valence-corrected chi connectivity index (χ3v) is 7.97. The van der Waals surface area contributed by atoms with Crippen LogP contribution in [0.15, 0.2) is 83.9 Å². The first kappa shape index (κ1) is 23.8. The largest absolute Gasteiger partial charge is 0.496 e. The van der Waals surface area contributed by atoms with Crippen LogP contribution in [-0.2, 0) is 5.41 Å². The van der Waals surface area contributed by atoms with E-state index in [1.165, 1.54) is 42.6 Å². The summed E-state index contributed by atoms with van der Waals surface area (Å²) in [5, 5.41) is 0. The minimum absolute atomic E-state index is 0.0821.